The van der Waals surface area contributed by atoms with E-state index in [0.717, 1.165) is 0 Å². The van der Waals surface area contributed by atoms with E-state index in [9.17, 15) is 4.79 Å². The number of hydrogen-bond donors (Lipinski definition) is 2. The fourth-order valence-corrected chi connectivity index (χ4v) is 2.21. The van der Waals surface area contributed by atoms with Gasteiger partial charge in [-0.25, -0.2) is 4.98 Å². The minimum absolute atomic E-state index is 0.0224. The van der Waals surface area contributed by atoms with Crippen LogP contribution in [0, 0.1) is 13.8 Å². The van der Waals surface area contributed by atoms with Gasteiger partial charge in [0.1, 0.15) is 0 Å². The summed E-state index contributed by atoms with van der Waals surface area (Å²) in [5.74, 6) is -0.257. The Labute approximate surface area is 122 Å². The zero-order valence-corrected chi connectivity index (χ0v) is 12.3. The van der Waals surface area contributed by atoms with Crippen molar-refractivity contribution < 1.29 is 19.2 Å². The maximum absolute atomic E-state index is 12.5. The van der Waals surface area contributed by atoms with Crippen molar-refractivity contribution in [3.63, 3.8) is 0 Å². The average Bonchev–Trinajstić information content (AvgIpc) is 2.80. The number of aliphatic hydroxyl groups excluding tert-OH is 1. The largest absolute Gasteiger partial charge is 0.396 e. The standard InChI is InChI=1S/C14H19N3O4/c1-8-6-11(12-9(2)17-21-14(12)15-8)13(19)16-10(4-5-18)7-20-3/h6,10,18H,4-5,7H2,1-3H3,(H,16,19). The van der Waals surface area contributed by atoms with Crippen LogP contribution in [0.5, 0.6) is 0 Å². The van der Waals surface area contributed by atoms with E-state index in [4.69, 9.17) is 14.4 Å². The highest BCUT2D eigenvalue weighted by molar-refractivity contribution is 6.06. The zero-order chi connectivity index (χ0) is 15.4. The molecular formula is C14H19N3O4. The van der Waals surface area contributed by atoms with Crippen molar-refractivity contribution in [3.8, 4) is 0 Å². The number of rotatable bonds is 6. The molecule has 0 bridgehead atoms. The number of nitrogens with one attached hydrogen (secondary N) is 1. The number of aliphatic hydroxyl groups is 1. The number of aromatic nitrogens is 2. The smallest absolute Gasteiger partial charge is 0.258 e. The summed E-state index contributed by atoms with van der Waals surface area (Å²) in [7, 11) is 1.55. The highest BCUT2D eigenvalue weighted by Crippen LogP contribution is 2.21. The molecule has 0 radical (unpaired) electrons. The summed E-state index contributed by atoms with van der Waals surface area (Å²) < 4.78 is 10.2. The SMILES string of the molecule is COCC(CCO)NC(=O)c1cc(C)nc2onc(C)c12. The van der Waals surface area contributed by atoms with Gasteiger partial charge in [-0.15, -0.1) is 0 Å². The van der Waals surface area contributed by atoms with Crippen LogP contribution in [-0.2, 0) is 4.74 Å². The third kappa shape index (κ3) is 3.37. The normalized spacial score (nSPS) is 12.6. The van der Waals surface area contributed by atoms with E-state index in [2.05, 4.69) is 15.5 Å². The first-order valence-electron chi connectivity index (χ1n) is 6.71. The van der Waals surface area contributed by atoms with Gasteiger partial charge in [-0.05, 0) is 26.3 Å². The molecule has 0 aromatic carbocycles. The Morgan fingerprint density at radius 1 is 1.52 bits per heavy atom. The molecule has 0 saturated carbocycles. The summed E-state index contributed by atoms with van der Waals surface area (Å²) in [5, 5.41) is 16.3. The molecule has 0 aliphatic heterocycles. The molecule has 0 aliphatic rings. The molecule has 114 valence electrons. The number of carbonyl (C=O) groups excluding carboxylic acids is 1. The Morgan fingerprint density at radius 3 is 2.95 bits per heavy atom. The van der Waals surface area contributed by atoms with Crippen LogP contribution in [0.3, 0.4) is 0 Å². The number of amides is 1. The molecule has 2 aromatic rings. The molecule has 7 heteroatoms. The van der Waals surface area contributed by atoms with Gasteiger partial charge in [-0.3, -0.25) is 4.79 Å². The van der Waals surface area contributed by atoms with Crippen LogP contribution in [0.15, 0.2) is 10.6 Å². The van der Waals surface area contributed by atoms with Gasteiger partial charge in [0.05, 0.1) is 29.3 Å². The Bertz CT molecular complexity index is 632. The number of methoxy groups -OCH3 is 1. The van der Waals surface area contributed by atoms with Crippen molar-refractivity contribution >= 4 is 17.0 Å². The number of nitrogens with zero attached hydrogens (tertiary/aromatic N) is 2. The van der Waals surface area contributed by atoms with Crippen molar-refractivity contribution in [2.45, 2.75) is 26.3 Å². The van der Waals surface area contributed by atoms with Gasteiger partial charge in [0.25, 0.3) is 11.6 Å². The first-order valence-corrected chi connectivity index (χ1v) is 6.71. The number of pyridine rings is 1. The lowest BCUT2D eigenvalue weighted by Crippen LogP contribution is -2.38. The average molecular weight is 293 g/mol. The van der Waals surface area contributed by atoms with Gasteiger partial charge >= 0.3 is 0 Å². The molecule has 2 N–H and O–H groups in total. The molecule has 0 saturated heterocycles. The summed E-state index contributed by atoms with van der Waals surface area (Å²) in [6, 6.07) is 1.45. The second kappa shape index (κ2) is 6.64. The van der Waals surface area contributed by atoms with Crippen LogP contribution in [0.2, 0.25) is 0 Å². The molecule has 7 nitrogen and oxygen atoms in total. The lowest BCUT2D eigenvalue weighted by molar-refractivity contribution is 0.0880. The van der Waals surface area contributed by atoms with Crippen molar-refractivity contribution in [1.29, 1.82) is 0 Å². The van der Waals surface area contributed by atoms with Crippen LogP contribution >= 0.6 is 0 Å². The topological polar surface area (TPSA) is 97.5 Å². The lowest BCUT2D eigenvalue weighted by Gasteiger charge is -2.17. The lowest BCUT2D eigenvalue weighted by atomic mass is 10.1. The predicted octanol–water partition coefficient (Wildman–Crippen LogP) is 0.967. The van der Waals surface area contributed by atoms with E-state index < -0.39 is 0 Å². The van der Waals surface area contributed by atoms with Gasteiger partial charge in [0.15, 0.2) is 0 Å². The number of fused-ring (bicyclic) bond motifs is 1. The van der Waals surface area contributed by atoms with E-state index in [-0.39, 0.29) is 18.6 Å². The van der Waals surface area contributed by atoms with Crippen LogP contribution in [0.1, 0.15) is 28.2 Å². The fraction of sp³-hybridized carbons (Fsp3) is 0.500. The van der Waals surface area contributed by atoms with Gasteiger partial charge in [0, 0.05) is 19.4 Å². The van der Waals surface area contributed by atoms with Crippen molar-refractivity contribution in [2.24, 2.45) is 0 Å². The summed E-state index contributed by atoms with van der Waals surface area (Å²) in [4.78, 5) is 16.7. The van der Waals surface area contributed by atoms with Crippen molar-refractivity contribution in [2.75, 3.05) is 20.3 Å². The molecule has 2 heterocycles. The Balaban J connectivity index is 2.32. The van der Waals surface area contributed by atoms with Crippen molar-refractivity contribution in [3.05, 3.63) is 23.0 Å². The summed E-state index contributed by atoms with van der Waals surface area (Å²) in [6.07, 6.45) is 0.426. The number of aryl methyl sites for hydroxylation is 2. The van der Waals surface area contributed by atoms with E-state index in [1.165, 1.54) is 0 Å². The van der Waals surface area contributed by atoms with Crippen LogP contribution in [0.25, 0.3) is 11.1 Å². The molecule has 1 unspecified atom stereocenters. The molecule has 0 fully saturated rings. The van der Waals surface area contributed by atoms with E-state index in [1.807, 2.05) is 0 Å². The molecule has 2 rings (SSSR count). The number of hydrogen-bond acceptors (Lipinski definition) is 6. The maximum Gasteiger partial charge on any atom is 0.258 e. The third-order valence-corrected chi connectivity index (χ3v) is 3.17. The Hall–Kier alpha value is -1.99. The van der Waals surface area contributed by atoms with Crippen LogP contribution in [-0.4, -0.2) is 47.5 Å². The summed E-state index contributed by atoms with van der Waals surface area (Å²) in [6.45, 7) is 3.86. The Kier molecular flexibility index (Phi) is 4.87. The predicted molar refractivity (Wildman–Crippen MR) is 76.1 cm³/mol. The second-order valence-corrected chi connectivity index (χ2v) is 4.90. The molecule has 2 aromatic heterocycles. The molecule has 21 heavy (non-hydrogen) atoms. The molecule has 1 amide bonds. The van der Waals surface area contributed by atoms with Gasteiger partial charge in [-0.2, -0.15) is 0 Å². The quantitative estimate of drug-likeness (QED) is 0.823. The first-order chi connectivity index (χ1) is 10.1. The number of ether oxygens (including phenoxy) is 1. The zero-order valence-electron chi connectivity index (χ0n) is 12.3. The minimum Gasteiger partial charge on any atom is -0.396 e. The second-order valence-electron chi connectivity index (χ2n) is 4.90. The Morgan fingerprint density at radius 2 is 2.29 bits per heavy atom. The molecule has 0 aliphatic carbocycles. The molecular weight excluding hydrogens is 274 g/mol. The third-order valence-electron chi connectivity index (χ3n) is 3.17. The van der Waals surface area contributed by atoms with Crippen LogP contribution in [0.4, 0.5) is 0 Å². The van der Waals surface area contributed by atoms with E-state index in [1.54, 1.807) is 27.0 Å². The minimum atomic E-state index is -0.257. The van der Waals surface area contributed by atoms with E-state index in [0.29, 0.717) is 41.1 Å². The molecule has 1 atom stereocenters. The van der Waals surface area contributed by atoms with Gasteiger partial charge in [0.2, 0.25) is 0 Å². The van der Waals surface area contributed by atoms with E-state index >= 15 is 0 Å². The maximum atomic E-state index is 12.5. The summed E-state index contributed by atoms with van der Waals surface area (Å²) >= 11 is 0. The van der Waals surface area contributed by atoms with Crippen LogP contribution < -0.4 is 5.32 Å². The fourth-order valence-electron chi connectivity index (χ4n) is 2.21. The monoisotopic (exact) mass is 293 g/mol. The highest BCUT2D eigenvalue weighted by atomic mass is 16.5. The van der Waals surface area contributed by atoms with Crippen molar-refractivity contribution in [1.82, 2.24) is 15.5 Å². The first kappa shape index (κ1) is 15.4. The van der Waals surface area contributed by atoms with Gasteiger partial charge < -0.3 is 19.7 Å². The van der Waals surface area contributed by atoms with Gasteiger partial charge in [-0.1, -0.05) is 5.16 Å². The summed E-state index contributed by atoms with van der Waals surface area (Å²) in [5.41, 5.74) is 2.11. The highest BCUT2D eigenvalue weighted by Gasteiger charge is 2.20. The molecule has 0 spiro atoms. The number of carbonyl (C=O) groups is 1.